The summed E-state index contributed by atoms with van der Waals surface area (Å²) >= 11 is 6.15. The zero-order valence-electron chi connectivity index (χ0n) is 20.6. The number of nitrogens with one attached hydrogen (secondary N) is 1. The molecule has 1 aliphatic rings. The average molecular weight is 467 g/mol. The second kappa shape index (κ2) is 12.9. The lowest BCUT2D eigenvalue weighted by atomic mass is 9.83. The molecule has 3 aromatic rings. The lowest BCUT2D eigenvalue weighted by Crippen LogP contribution is -2.27. The number of anilines is 1. The van der Waals surface area contributed by atoms with Crippen molar-refractivity contribution in [3.8, 4) is 0 Å². The molecular formula is C28H39ClN4. The highest BCUT2D eigenvalue weighted by Crippen LogP contribution is 2.27. The first kappa shape index (κ1) is 25.5. The van der Waals surface area contributed by atoms with Crippen molar-refractivity contribution in [3.05, 3.63) is 64.9 Å². The summed E-state index contributed by atoms with van der Waals surface area (Å²) in [6.07, 6.45) is 7.93. The van der Waals surface area contributed by atoms with Crippen LogP contribution in [-0.2, 0) is 6.42 Å². The highest BCUT2D eigenvalue weighted by Gasteiger charge is 2.17. The maximum Gasteiger partial charge on any atom is 0.139 e. The molecule has 0 spiro atoms. The normalized spacial score (nSPS) is 18.0. The van der Waals surface area contributed by atoms with Crippen molar-refractivity contribution in [1.82, 2.24) is 15.3 Å². The Bertz CT molecular complexity index is 996. The fourth-order valence-electron chi connectivity index (χ4n) is 4.46. The Balaban J connectivity index is 0.000000194. The minimum absolute atomic E-state index is 0.812. The van der Waals surface area contributed by atoms with Crippen molar-refractivity contribution < 1.29 is 0 Å². The molecule has 0 saturated heterocycles. The highest BCUT2D eigenvalue weighted by atomic mass is 35.5. The summed E-state index contributed by atoms with van der Waals surface area (Å²) in [5.74, 6) is 3.66. The fraction of sp³-hybridized carbons (Fsp3) is 0.500. The summed E-state index contributed by atoms with van der Waals surface area (Å²) in [5.41, 5.74) is 2.28. The molecule has 4 rings (SSSR count). The summed E-state index contributed by atoms with van der Waals surface area (Å²) in [6, 6.07) is 16.2. The van der Waals surface area contributed by atoms with Crippen LogP contribution in [0.1, 0.15) is 50.4 Å². The van der Waals surface area contributed by atoms with Gasteiger partial charge in [-0.25, -0.2) is 9.97 Å². The van der Waals surface area contributed by atoms with Crippen LogP contribution in [0.25, 0.3) is 10.9 Å². The van der Waals surface area contributed by atoms with E-state index in [4.69, 9.17) is 11.6 Å². The molecule has 1 aromatic heterocycles. The van der Waals surface area contributed by atoms with Crippen LogP contribution in [0.4, 0.5) is 5.82 Å². The van der Waals surface area contributed by atoms with Crippen LogP contribution in [0, 0.1) is 18.8 Å². The number of benzene rings is 2. The third kappa shape index (κ3) is 7.97. The number of aryl methyl sites for hydroxylation is 2. The van der Waals surface area contributed by atoms with Crippen molar-refractivity contribution in [3.63, 3.8) is 0 Å². The molecule has 0 radical (unpaired) electrons. The maximum absolute atomic E-state index is 6.15. The fourth-order valence-corrected chi connectivity index (χ4v) is 4.69. The molecule has 0 bridgehead atoms. The smallest absolute Gasteiger partial charge is 0.139 e. The molecule has 5 heteroatoms. The summed E-state index contributed by atoms with van der Waals surface area (Å²) in [6.45, 7) is 6.61. The molecule has 2 aromatic carbocycles. The molecule has 1 saturated carbocycles. The van der Waals surface area contributed by atoms with Gasteiger partial charge >= 0.3 is 0 Å². The van der Waals surface area contributed by atoms with Crippen LogP contribution in [0.5, 0.6) is 0 Å². The number of rotatable bonds is 7. The van der Waals surface area contributed by atoms with Crippen molar-refractivity contribution in [2.45, 2.75) is 52.4 Å². The highest BCUT2D eigenvalue weighted by molar-refractivity contribution is 6.31. The van der Waals surface area contributed by atoms with Crippen LogP contribution in [0.2, 0.25) is 5.02 Å². The van der Waals surface area contributed by atoms with Gasteiger partial charge in [0.05, 0.1) is 5.52 Å². The van der Waals surface area contributed by atoms with Crippen LogP contribution in [0.15, 0.2) is 48.5 Å². The largest absolute Gasteiger partial charge is 0.362 e. The molecule has 1 aliphatic carbocycles. The minimum atomic E-state index is 0.812. The van der Waals surface area contributed by atoms with E-state index in [1.165, 1.54) is 44.2 Å². The molecule has 0 atom stereocenters. The van der Waals surface area contributed by atoms with Gasteiger partial charge in [-0.2, -0.15) is 0 Å². The topological polar surface area (TPSA) is 41.1 Å². The van der Waals surface area contributed by atoms with Crippen molar-refractivity contribution in [2.75, 3.05) is 32.1 Å². The lowest BCUT2D eigenvalue weighted by Gasteiger charge is -2.26. The van der Waals surface area contributed by atoms with E-state index in [2.05, 4.69) is 34.3 Å². The number of aromatic nitrogens is 2. The van der Waals surface area contributed by atoms with E-state index in [0.717, 1.165) is 52.4 Å². The van der Waals surface area contributed by atoms with Crippen molar-refractivity contribution >= 4 is 28.3 Å². The molecule has 0 unspecified atom stereocenters. The Kier molecular flexibility index (Phi) is 9.95. The first-order valence-electron chi connectivity index (χ1n) is 12.3. The average Bonchev–Trinajstić information content (AvgIpc) is 2.81. The first-order chi connectivity index (χ1) is 15.9. The molecule has 1 N–H and O–H groups in total. The Morgan fingerprint density at radius 2 is 1.67 bits per heavy atom. The third-order valence-electron chi connectivity index (χ3n) is 6.44. The van der Waals surface area contributed by atoms with Gasteiger partial charge in [-0.05, 0) is 81.3 Å². The van der Waals surface area contributed by atoms with E-state index in [-0.39, 0.29) is 0 Å². The molecule has 4 nitrogen and oxygen atoms in total. The molecular weight excluding hydrogens is 428 g/mol. The standard InChI is InChI=1S/C17H26ClN.C11H13N3/c1-14-8-10-15(11-9-14)13-19-12-4-6-16-5-2-3-7-17(16)18;1-8-12-10-7-5-4-6-9(10)11(13-8)14(2)3/h2-3,5,7,14-15,19H,4,6,8-13H2,1H3;4-7H,1-3H3. The number of hydrogen-bond donors (Lipinski definition) is 1. The van der Waals surface area contributed by atoms with Crippen LogP contribution in [0.3, 0.4) is 0 Å². The first-order valence-corrected chi connectivity index (χ1v) is 12.7. The van der Waals surface area contributed by atoms with Gasteiger partial charge < -0.3 is 10.2 Å². The number of halogens is 1. The second-order valence-electron chi connectivity index (χ2n) is 9.53. The number of para-hydroxylation sites is 1. The van der Waals surface area contributed by atoms with Gasteiger partial charge in [-0.1, -0.05) is 61.7 Å². The van der Waals surface area contributed by atoms with Gasteiger partial charge in [0.25, 0.3) is 0 Å². The SMILES string of the molecule is CC1CCC(CNCCCc2ccccc2Cl)CC1.Cc1nc(N(C)C)c2ccccc2n1. The van der Waals surface area contributed by atoms with Crippen molar-refractivity contribution in [2.24, 2.45) is 11.8 Å². The number of hydrogen-bond acceptors (Lipinski definition) is 4. The third-order valence-corrected chi connectivity index (χ3v) is 6.81. The Hall–Kier alpha value is -2.17. The quantitative estimate of drug-likeness (QED) is 0.393. The van der Waals surface area contributed by atoms with Gasteiger partial charge in [0, 0.05) is 24.5 Å². The van der Waals surface area contributed by atoms with E-state index in [1.54, 1.807) is 0 Å². The van der Waals surface area contributed by atoms with E-state index in [0.29, 0.717) is 0 Å². The van der Waals surface area contributed by atoms with Crippen molar-refractivity contribution in [1.29, 1.82) is 0 Å². The Morgan fingerprint density at radius 1 is 0.970 bits per heavy atom. The Labute approximate surface area is 204 Å². The van der Waals surface area contributed by atoms with Crippen LogP contribution >= 0.6 is 11.6 Å². The Morgan fingerprint density at radius 3 is 2.39 bits per heavy atom. The van der Waals surface area contributed by atoms with Gasteiger partial charge in [0.15, 0.2) is 0 Å². The molecule has 0 aliphatic heterocycles. The zero-order valence-corrected chi connectivity index (χ0v) is 21.4. The summed E-state index contributed by atoms with van der Waals surface area (Å²) in [5, 5.41) is 5.62. The van der Waals surface area contributed by atoms with Gasteiger partial charge in [0.2, 0.25) is 0 Å². The van der Waals surface area contributed by atoms with Gasteiger partial charge in [0.1, 0.15) is 11.6 Å². The van der Waals surface area contributed by atoms with Crippen LogP contribution in [-0.4, -0.2) is 37.2 Å². The summed E-state index contributed by atoms with van der Waals surface area (Å²) in [4.78, 5) is 10.8. The maximum atomic E-state index is 6.15. The lowest BCUT2D eigenvalue weighted by molar-refractivity contribution is 0.282. The molecule has 33 heavy (non-hydrogen) atoms. The molecule has 178 valence electrons. The monoisotopic (exact) mass is 466 g/mol. The predicted molar refractivity (Wildman–Crippen MR) is 142 cm³/mol. The van der Waals surface area contributed by atoms with E-state index in [1.807, 2.05) is 62.3 Å². The number of nitrogens with zero attached hydrogens (tertiary/aromatic N) is 3. The second-order valence-corrected chi connectivity index (χ2v) is 9.94. The van der Waals surface area contributed by atoms with Gasteiger partial charge in [-0.15, -0.1) is 0 Å². The molecule has 1 heterocycles. The van der Waals surface area contributed by atoms with E-state index in [9.17, 15) is 0 Å². The van der Waals surface area contributed by atoms with E-state index < -0.39 is 0 Å². The summed E-state index contributed by atoms with van der Waals surface area (Å²) in [7, 11) is 3.99. The summed E-state index contributed by atoms with van der Waals surface area (Å²) < 4.78 is 0. The predicted octanol–water partition coefficient (Wildman–Crippen LogP) is 6.69. The number of fused-ring (bicyclic) bond motifs is 1. The zero-order chi connectivity index (χ0) is 23.6. The van der Waals surface area contributed by atoms with E-state index >= 15 is 0 Å². The van der Waals surface area contributed by atoms with Gasteiger partial charge in [-0.3, -0.25) is 0 Å². The minimum Gasteiger partial charge on any atom is -0.362 e. The molecule has 1 fully saturated rings. The molecule has 0 amide bonds. The van der Waals surface area contributed by atoms with Crippen LogP contribution < -0.4 is 10.2 Å².